The molecular weight excluding hydrogens is 292 g/mol. The molecule has 1 amide bonds. The lowest BCUT2D eigenvalue weighted by Gasteiger charge is -2.22. The summed E-state index contributed by atoms with van der Waals surface area (Å²) < 4.78 is 11.0. The minimum atomic E-state index is -0.0460. The molecule has 2 N–H and O–H groups in total. The van der Waals surface area contributed by atoms with Gasteiger partial charge in [-0.05, 0) is 44.4 Å². The van der Waals surface area contributed by atoms with E-state index in [1.54, 1.807) is 37.3 Å². The van der Waals surface area contributed by atoms with E-state index in [9.17, 15) is 4.79 Å². The number of rotatable bonds is 8. The summed E-state index contributed by atoms with van der Waals surface area (Å²) in [6.07, 6.45) is 0.830. The summed E-state index contributed by atoms with van der Waals surface area (Å²) in [5.74, 6) is 1.57. The van der Waals surface area contributed by atoms with Crippen LogP contribution >= 0.6 is 0 Å². The molecule has 1 atom stereocenters. The second-order valence-electron chi connectivity index (χ2n) is 6.46. The van der Waals surface area contributed by atoms with Crippen molar-refractivity contribution in [2.24, 2.45) is 11.7 Å². The van der Waals surface area contributed by atoms with E-state index in [1.807, 2.05) is 13.8 Å². The third-order valence-electron chi connectivity index (χ3n) is 3.77. The van der Waals surface area contributed by atoms with Crippen molar-refractivity contribution in [1.82, 2.24) is 4.90 Å². The number of carbonyl (C=O) groups excluding carboxylic acids is 1. The molecule has 0 fully saturated rings. The van der Waals surface area contributed by atoms with Crippen molar-refractivity contribution in [3.8, 4) is 11.5 Å². The first-order valence-corrected chi connectivity index (χ1v) is 8.12. The fourth-order valence-corrected chi connectivity index (χ4v) is 2.15. The maximum atomic E-state index is 12.5. The first kappa shape index (κ1) is 19.3. The second kappa shape index (κ2) is 8.77. The van der Waals surface area contributed by atoms with Crippen molar-refractivity contribution in [1.29, 1.82) is 0 Å². The van der Waals surface area contributed by atoms with Crippen LogP contribution in [-0.4, -0.2) is 43.7 Å². The number of nitrogens with two attached hydrogens (primary N) is 1. The molecule has 130 valence electrons. The summed E-state index contributed by atoms with van der Waals surface area (Å²) in [6, 6.07) is 5.36. The molecule has 5 heteroatoms. The Kier molecular flexibility index (Phi) is 7.36. The molecule has 0 aliphatic heterocycles. The molecule has 23 heavy (non-hydrogen) atoms. The van der Waals surface area contributed by atoms with Crippen LogP contribution in [-0.2, 0) is 0 Å². The first-order chi connectivity index (χ1) is 10.8. The van der Waals surface area contributed by atoms with E-state index in [-0.39, 0.29) is 18.1 Å². The smallest absolute Gasteiger partial charge is 0.253 e. The zero-order valence-electron chi connectivity index (χ0n) is 15.1. The quantitative estimate of drug-likeness (QED) is 0.799. The molecule has 0 saturated carbocycles. The van der Waals surface area contributed by atoms with Gasteiger partial charge in [0.2, 0.25) is 0 Å². The number of hydrogen-bond donors (Lipinski definition) is 1. The fourth-order valence-electron chi connectivity index (χ4n) is 2.15. The Morgan fingerprint density at radius 2 is 1.87 bits per heavy atom. The van der Waals surface area contributed by atoms with E-state index in [0.29, 0.717) is 29.5 Å². The van der Waals surface area contributed by atoms with Crippen LogP contribution in [0.4, 0.5) is 0 Å². The molecule has 1 rings (SSSR count). The molecule has 0 aliphatic rings. The van der Waals surface area contributed by atoms with E-state index in [4.69, 9.17) is 15.2 Å². The topological polar surface area (TPSA) is 64.8 Å². The lowest BCUT2D eigenvalue weighted by atomic mass is 10.0. The Bertz CT molecular complexity index is 515. The maximum Gasteiger partial charge on any atom is 0.253 e. The first-order valence-electron chi connectivity index (χ1n) is 8.12. The standard InChI is InChI=1S/C18H30N2O3/c1-12(2)15(19)9-10-20(5)18(21)14-7-8-16(23-13(3)4)17(11-14)22-6/h7-8,11-13,15H,9-10,19H2,1-6H3. The predicted octanol–water partition coefficient (Wildman–Crippen LogP) is 2.93. The summed E-state index contributed by atoms with van der Waals surface area (Å²) >= 11 is 0. The minimum Gasteiger partial charge on any atom is -0.493 e. The molecule has 0 aliphatic carbocycles. The SMILES string of the molecule is COc1cc(C(=O)N(C)CCC(N)C(C)C)ccc1OC(C)C. The molecule has 0 radical (unpaired) electrons. The van der Waals surface area contributed by atoms with Crippen LogP contribution in [0.3, 0.4) is 0 Å². The minimum absolute atomic E-state index is 0.0460. The predicted molar refractivity (Wildman–Crippen MR) is 93.1 cm³/mol. The number of nitrogens with zero attached hydrogens (tertiary/aromatic N) is 1. The van der Waals surface area contributed by atoms with Gasteiger partial charge in [0.15, 0.2) is 11.5 Å². The Morgan fingerprint density at radius 1 is 1.22 bits per heavy atom. The Morgan fingerprint density at radius 3 is 2.39 bits per heavy atom. The Balaban J connectivity index is 2.79. The van der Waals surface area contributed by atoms with Gasteiger partial charge in [-0.3, -0.25) is 4.79 Å². The summed E-state index contributed by atoms with van der Waals surface area (Å²) in [5, 5.41) is 0. The average Bonchev–Trinajstić information content (AvgIpc) is 2.51. The molecule has 1 unspecified atom stereocenters. The summed E-state index contributed by atoms with van der Waals surface area (Å²) in [5.41, 5.74) is 6.62. The fraction of sp³-hybridized carbons (Fsp3) is 0.611. The van der Waals surface area contributed by atoms with Crippen LogP contribution in [0, 0.1) is 5.92 Å². The van der Waals surface area contributed by atoms with Gasteiger partial charge in [-0.1, -0.05) is 13.8 Å². The highest BCUT2D eigenvalue weighted by Crippen LogP contribution is 2.29. The monoisotopic (exact) mass is 322 g/mol. The van der Waals surface area contributed by atoms with Gasteiger partial charge in [0, 0.05) is 25.2 Å². The van der Waals surface area contributed by atoms with Gasteiger partial charge in [-0.15, -0.1) is 0 Å². The van der Waals surface area contributed by atoms with Gasteiger partial charge in [-0.2, -0.15) is 0 Å². The normalized spacial score (nSPS) is 12.4. The van der Waals surface area contributed by atoms with Gasteiger partial charge in [0.25, 0.3) is 5.91 Å². The third-order valence-corrected chi connectivity index (χ3v) is 3.77. The van der Waals surface area contributed by atoms with Crippen LogP contribution in [0.25, 0.3) is 0 Å². The number of ether oxygens (including phenoxy) is 2. The molecule has 5 nitrogen and oxygen atoms in total. The van der Waals surface area contributed by atoms with E-state index in [0.717, 1.165) is 6.42 Å². The summed E-state index contributed by atoms with van der Waals surface area (Å²) in [6.45, 7) is 8.70. The van der Waals surface area contributed by atoms with E-state index in [2.05, 4.69) is 13.8 Å². The maximum absolute atomic E-state index is 12.5. The van der Waals surface area contributed by atoms with Crippen LogP contribution in [0.2, 0.25) is 0 Å². The molecule has 0 saturated heterocycles. The van der Waals surface area contributed by atoms with Crippen molar-refractivity contribution < 1.29 is 14.3 Å². The lowest BCUT2D eigenvalue weighted by molar-refractivity contribution is 0.0788. The van der Waals surface area contributed by atoms with Crippen molar-refractivity contribution >= 4 is 5.91 Å². The molecule has 1 aromatic carbocycles. The molecule has 0 aromatic heterocycles. The highest BCUT2D eigenvalue weighted by molar-refractivity contribution is 5.94. The largest absolute Gasteiger partial charge is 0.493 e. The van der Waals surface area contributed by atoms with Crippen molar-refractivity contribution in [3.63, 3.8) is 0 Å². The van der Waals surface area contributed by atoms with Gasteiger partial charge < -0.3 is 20.1 Å². The molecule has 1 aromatic rings. The van der Waals surface area contributed by atoms with Crippen LogP contribution in [0.15, 0.2) is 18.2 Å². The highest BCUT2D eigenvalue weighted by atomic mass is 16.5. The van der Waals surface area contributed by atoms with Crippen molar-refractivity contribution in [2.45, 2.75) is 46.3 Å². The molecule has 0 bridgehead atoms. The van der Waals surface area contributed by atoms with Gasteiger partial charge in [-0.25, -0.2) is 0 Å². The number of hydrogen-bond acceptors (Lipinski definition) is 4. The summed E-state index contributed by atoms with van der Waals surface area (Å²) in [7, 11) is 3.36. The van der Waals surface area contributed by atoms with Gasteiger partial charge in [0.05, 0.1) is 13.2 Å². The number of methoxy groups -OCH3 is 1. The highest BCUT2D eigenvalue weighted by Gasteiger charge is 2.17. The summed E-state index contributed by atoms with van der Waals surface area (Å²) in [4.78, 5) is 14.2. The third kappa shape index (κ3) is 5.75. The number of carbonyl (C=O) groups is 1. The molecular formula is C18H30N2O3. The molecule has 0 spiro atoms. The average molecular weight is 322 g/mol. The van der Waals surface area contributed by atoms with Crippen LogP contribution in [0.5, 0.6) is 11.5 Å². The second-order valence-corrected chi connectivity index (χ2v) is 6.46. The Labute approximate surface area is 139 Å². The van der Waals surface area contributed by atoms with E-state index >= 15 is 0 Å². The van der Waals surface area contributed by atoms with E-state index in [1.165, 1.54) is 0 Å². The number of amides is 1. The van der Waals surface area contributed by atoms with Gasteiger partial charge in [0.1, 0.15) is 0 Å². The van der Waals surface area contributed by atoms with Crippen LogP contribution < -0.4 is 15.2 Å². The van der Waals surface area contributed by atoms with Crippen LogP contribution in [0.1, 0.15) is 44.5 Å². The zero-order valence-corrected chi connectivity index (χ0v) is 15.1. The van der Waals surface area contributed by atoms with Crippen molar-refractivity contribution in [2.75, 3.05) is 20.7 Å². The lowest BCUT2D eigenvalue weighted by Crippen LogP contribution is -2.34. The zero-order chi connectivity index (χ0) is 17.6. The number of benzene rings is 1. The van der Waals surface area contributed by atoms with Crippen molar-refractivity contribution in [3.05, 3.63) is 23.8 Å². The van der Waals surface area contributed by atoms with E-state index < -0.39 is 0 Å². The Hall–Kier alpha value is -1.75. The van der Waals surface area contributed by atoms with Gasteiger partial charge >= 0.3 is 0 Å². The molecule has 0 heterocycles.